The lowest BCUT2D eigenvalue weighted by molar-refractivity contribution is 0.666. The highest BCUT2D eigenvalue weighted by Gasteiger charge is 2.22. The highest BCUT2D eigenvalue weighted by molar-refractivity contribution is 9.13. The molecule has 1 aromatic heterocycles. The van der Waals surface area contributed by atoms with Crippen molar-refractivity contribution in [3.05, 3.63) is 41.2 Å². The topological polar surface area (TPSA) is 13.1 Å². The van der Waals surface area contributed by atoms with Crippen LogP contribution in [0.4, 0.5) is 0 Å². The summed E-state index contributed by atoms with van der Waals surface area (Å²) in [6.45, 7) is 0. The first-order valence-corrected chi connectivity index (χ1v) is 8.05. The lowest BCUT2D eigenvalue weighted by atomic mass is 10.1. The van der Waals surface area contributed by atoms with Gasteiger partial charge in [-0.2, -0.15) is 0 Å². The van der Waals surface area contributed by atoms with Crippen LogP contribution in [0.1, 0.15) is 0 Å². The summed E-state index contributed by atoms with van der Waals surface area (Å²) < 4.78 is 7.42. The third kappa shape index (κ3) is 2.02. The molecule has 0 aliphatic heterocycles. The third-order valence-corrected chi connectivity index (χ3v) is 6.51. The second-order valence-electron chi connectivity index (χ2n) is 3.80. The van der Waals surface area contributed by atoms with Crippen LogP contribution in [0.25, 0.3) is 21.9 Å². The normalized spacial score (nSPS) is 11.7. The van der Waals surface area contributed by atoms with Gasteiger partial charge in [0.15, 0.2) is 11.2 Å². The van der Waals surface area contributed by atoms with Gasteiger partial charge in [0.25, 0.3) is 0 Å². The largest absolute Gasteiger partial charge is 0.453 e. The van der Waals surface area contributed by atoms with Crippen molar-refractivity contribution in [2.24, 2.45) is 0 Å². The fourth-order valence-corrected chi connectivity index (χ4v) is 3.59. The molecule has 0 saturated heterocycles. The van der Waals surface area contributed by atoms with Crippen molar-refractivity contribution in [1.82, 2.24) is 0 Å². The van der Waals surface area contributed by atoms with Gasteiger partial charge in [0, 0.05) is 9.86 Å². The third-order valence-electron chi connectivity index (χ3n) is 2.75. The molecule has 0 aliphatic rings. The molecule has 0 N–H and O–H groups in total. The van der Waals surface area contributed by atoms with Crippen LogP contribution in [0.5, 0.6) is 0 Å². The SMILES string of the molecule is Clc1c(Cl)c(Cl)c2c(oc3c(Br)c(Br)ccc32)c1Cl. The summed E-state index contributed by atoms with van der Waals surface area (Å²) in [5.74, 6) is 0. The van der Waals surface area contributed by atoms with E-state index in [1.165, 1.54) is 0 Å². The Balaban J connectivity index is 2.66. The molecule has 2 aromatic carbocycles. The predicted octanol–water partition coefficient (Wildman–Crippen LogP) is 7.72. The maximum Gasteiger partial charge on any atom is 0.157 e. The maximum atomic E-state index is 6.25. The first-order valence-electron chi connectivity index (χ1n) is 4.95. The van der Waals surface area contributed by atoms with E-state index in [2.05, 4.69) is 31.9 Å². The van der Waals surface area contributed by atoms with Crippen LogP contribution >= 0.6 is 78.3 Å². The fraction of sp³-hybridized carbons (Fsp3) is 0. The molecule has 3 aromatic rings. The Kier molecular flexibility index (Phi) is 3.74. The second-order valence-corrected chi connectivity index (χ2v) is 6.96. The van der Waals surface area contributed by atoms with Crippen molar-refractivity contribution in [2.75, 3.05) is 0 Å². The van der Waals surface area contributed by atoms with E-state index in [1.807, 2.05) is 12.1 Å². The van der Waals surface area contributed by atoms with Gasteiger partial charge in [-0.05, 0) is 44.0 Å². The Labute approximate surface area is 145 Å². The molecule has 1 nitrogen and oxygen atoms in total. The van der Waals surface area contributed by atoms with E-state index in [1.54, 1.807) is 0 Å². The second kappa shape index (κ2) is 4.97. The average Bonchev–Trinajstić information content (AvgIpc) is 2.78. The predicted molar refractivity (Wildman–Crippen MR) is 89.2 cm³/mol. The van der Waals surface area contributed by atoms with Gasteiger partial charge in [0.05, 0.1) is 24.9 Å². The van der Waals surface area contributed by atoms with Crippen LogP contribution in [-0.2, 0) is 0 Å². The highest BCUT2D eigenvalue weighted by Crippen LogP contribution is 2.48. The van der Waals surface area contributed by atoms with Gasteiger partial charge < -0.3 is 4.42 Å². The van der Waals surface area contributed by atoms with Crippen molar-refractivity contribution >= 4 is 100 Å². The van der Waals surface area contributed by atoms with E-state index in [9.17, 15) is 0 Å². The van der Waals surface area contributed by atoms with E-state index in [-0.39, 0.29) is 15.1 Å². The molecule has 98 valence electrons. The summed E-state index contributed by atoms with van der Waals surface area (Å²) in [6, 6.07) is 3.76. The lowest BCUT2D eigenvalue weighted by Gasteiger charge is -2.03. The minimum Gasteiger partial charge on any atom is -0.453 e. The van der Waals surface area contributed by atoms with Gasteiger partial charge in [0.1, 0.15) is 5.02 Å². The number of fused-ring (bicyclic) bond motifs is 3. The molecule has 1 heterocycles. The number of furan rings is 1. The lowest BCUT2D eigenvalue weighted by Crippen LogP contribution is -1.77. The highest BCUT2D eigenvalue weighted by atomic mass is 79.9. The number of hydrogen-bond acceptors (Lipinski definition) is 1. The van der Waals surface area contributed by atoms with Gasteiger partial charge >= 0.3 is 0 Å². The smallest absolute Gasteiger partial charge is 0.157 e. The average molecular weight is 464 g/mol. The minimum absolute atomic E-state index is 0.190. The molecular formula is C12H2Br2Cl4O. The summed E-state index contributed by atoms with van der Waals surface area (Å²) in [6.07, 6.45) is 0. The van der Waals surface area contributed by atoms with E-state index < -0.39 is 0 Å². The summed E-state index contributed by atoms with van der Waals surface area (Å²) in [4.78, 5) is 0. The van der Waals surface area contributed by atoms with Gasteiger partial charge in [-0.25, -0.2) is 0 Å². The monoisotopic (exact) mass is 460 g/mol. The van der Waals surface area contributed by atoms with E-state index in [0.29, 0.717) is 21.6 Å². The summed E-state index contributed by atoms with van der Waals surface area (Å²) >= 11 is 31.4. The number of benzene rings is 2. The van der Waals surface area contributed by atoms with Gasteiger partial charge in [-0.15, -0.1) is 0 Å². The maximum absolute atomic E-state index is 6.25. The van der Waals surface area contributed by atoms with Crippen LogP contribution in [0.15, 0.2) is 25.5 Å². The molecule has 0 saturated carbocycles. The molecule has 0 spiro atoms. The van der Waals surface area contributed by atoms with E-state index in [0.717, 1.165) is 14.3 Å². The van der Waals surface area contributed by atoms with Gasteiger partial charge in [-0.1, -0.05) is 46.4 Å². The van der Waals surface area contributed by atoms with Crippen molar-refractivity contribution in [3.63, 3.8) is 0 Å². The minimum atomic E-state index is 0.190. The van der Waals surface area contributed by atoms with Crippen LogP contribution in [-0.4, -0.2) is 0 Å². The van der Waals surface area contributed by atoms with E-state index in [4.69, 9.17) is 50.8 Å². The first kappa shape index (κ1) is 14.3. The number of rotatable bonds is 0. The Morgan fingerprint density at radius 1 is 0.789 bits per heavy atom. The molecule has 0 amide bonds. The molecule has 0 radical (unpaired) electrons. The number of hydrogen-bond donors (Lipinski definition) is 0. The summed E-state index contributed by atoms with van der Waals surface area (Å²) in [7, 11) is 0. The molecule has 0 unspecified atom stereocenters. The van der Waals surface area contributed by atoms with Gasteiger partial charge in [-0.3, -0.25) is 0 Å². The zero-order chi connectivity index (χ0) is 13.9. The molecule has 0 aliphatic carbocycles. The first-order chi connectivity index (χ1) is 8.93. The Bertz CT molecular complexity index is 841. The van der Waals surface area contributed by atoms with Crippen LogP contribution in [0, 0.1) is 0 Å². The Hall–Kier alpha value is 0.360. The van der Waals surface area contributed by atoms with Crippen LogP contribution in [0.2, 0.25) is 20.1 Å². The van der Waals surface area contributed by atoms with Crippen molar-refractivity contribution in [1.29, 1.82) is 0 Å². The zero-order valence-electron chi connectivity index (χ0n) is 8.83. The van der Waals surface area contributed by atoms with Crippen LogP contribution < -0.4 is 0 Å². The summed E-state index contributed by atoms with van der Waals surface area (Å²) in [5, 5.41) is 2.47. The molecule has 3 rings (SSSR count). The molecule has 0 atom stereocenters. The quantitative estimate of drug-likeness (QED) is 0.246. The van der Waals surface area contributed by atoms with Crippen molar-refractivity contribution in [2.45, 2.75) is 0 Å². The standard InChI is InChI=1S/C12H2Br2Cl4O/c13-4-2-1-3-5-7(15)8(16)9(17)10(18)12(5)19-11(3)6(4)14/h1-2H. The van der Waals surface area contributed by atoms with E-state index >= 15 is 0 Å². The van der Waals surface area contributed by atoms with Crippen molar-refractivity contribution < 1.29 is 4.42 Å². The molecule has 0 bridgehead atoms. The summed E-state index contributed by atoms with van der Waals surface area (Å²) in [5.41, 5.74) is 1.06. The molecule has 0 fully saturated rings. The van der Waals surface area contributed by atoms with Crippen molar-refractivity contribution in [3.8, 4) is 0 Å². The molecule has 7 heteroatoms. The Morgan fingerprint density at radius 3 is 2.11 bits per heavy atom. The zero-order valence-corrected chi connectivity index (χ0v) is 15.0. The molecular weight excluding hydrogens is 462 g/mol. The Morgan fingerprint density at radius 2 is 1.42 bits per heavy atom. The molecule has 19 heavy (non-hydrogen) atoms. The van der Waals surface area contributed by atoms with Crippen LogP contribution in [0.3, 0.4) is 0 Å². The fourth-order valence-electron chi connectivity index (χ4n) is 1.88. The number of halogens is 6. The van der Waals surface area contributed by atoms with Gasteiger partial charge in [0.2, 0.25) is 0 Å².